The molecule has 1 heterocycles. The van der Waals surface area contributed by atoms with Gasteiger partial charge in [-0.25, -0.2) is 13.8 Å². The van der Waals surface area contributed by atoms with Crippen LogP contribution in [0, 0.1) is 11.6 Å². The van der Waals surface area contributed by atoms with Crippen molar-refractivity contribution in [2.24, 2.45) is 4.99 Å². The summed E-state index contributed by atoms with van der Waals surface area (Å²) in [4.78, 5) is 11.6. The van der Waals surface area contributed by atoms with Crippen molar-refractivity contribution < 1.29 is 8.78 Å². The summed E-state index contributed by atoms with van der Waals surface area (Å²) in [5.74, 6) is -0.506. The van der Waals surface area contributed by atoms with E-state index in [0.29, 0.717) is 19.0 Å². The number of halogens is 2. The summed E-state index contributed by atoms with van der Waals surface area (Å²) >= 11 is 1.71. The lowest BCUT2D eigenvalue weighted by molar-refractivity contribution is 0.282. The van der Waals surface area contributed by atoms with Crippen LogP contribution in [0.3, 0.4) is 0 Å². The van der Waals surface area contributed by atoms with Gasteiger partial charge in [-0.05, 0) is 32.6 Å². The Morgan fingerprint density at radius 1 is 1.26 bits per heavy atom. The van der Waals surface area contributed by atoms with Crippen molar-refractivity contribution in [3.63, 3.8) is 0 Å². The van der Waals surface area contributed by atoms with Crippen LogP contribution in [0.15, 0.2) is 29.4 Å². The summed E-state index contributed by atoms with van der Waals surface area (Å²) in [6.45, 7) is 3.11. The number of benzene rings is 1. The van der Waals surface area contributed by atoms with Crippen LogP contribution in [-0.2, 0) is 12.8 Å². The molecule has 0 aliphatic carbocycles. The van der Waals surface area contributed by atoms with Crippen LogP contribution in [-0.4, -0.2) is 50.1 Å². The maximum absolute atomic E-state index is 14.1. The molecule has 0 spiro atoms. The van der Waals surface area contributed by atoms with E-state index in [2.05, 4.69) is 27.5 Å². The number of rotatable bonds is 8. The first-order valence-electron chi connectivity index (χ1n) is 8.94. The zero-order valence-corrected chi connectivity index (χ0v) is 17.0. The minimum Gasteiger partial charge on any atom is -0.356 e. The molecule has 0 amide bonds. The second-order valence-electron chi connectivity index (χ2n) is 6.32. The van der Waals surface area contributed by atoms with Gasteiger partial charge in [-0.3, -0.25) is 4.99 Å². The fourth-order valence-electron chi connectivity index (χ4n) is 2.70. The summed E-state index contributed by atoms with van der Waals surface area (Å²) in [5, 5.41) is 7.45. The zero-order chi connectivity index (χ0) is 19.8. The number of aliphatic imine (C=N–C) groups is 1. The third-order valence-electron chi connectivity index (χ3n) is 4.22. The van der Waals surface area contributed by atoms with Crippen LogP contribution in [0.25, 0.3) is 0 Å². The van der Waals surface area contributed by atoms with Crippen molar-refractivity contribution in [3.05, 3.63) is 51.5 Å². The van der Waals surface area contributed by atoms with Crippen LogP contribution in [0.2, 0.25) is 0 Å². The molecule has 148 valence electrons. The molecule has 0 bridgehead atoms. The van der Waals surface area contributed by atoms with E-state index < -0.39 is 17.7 Å². The number of guanidine groups is 1. The van der Waals surface area contributed by atoms with Gasteiger partial charge in [0.25, 0.3) is 0 Å². The van der Waals surface area contributed by atoms with Gasteiger partial charge in [0, 0.05) is 43.2 Å². The second-order valence-corrected chi connectivity index (χ2v) is 7.52. The van der Waals surface area contributed by atoms with E-state index in [4.69, 9.17) is 0 Å². The molecule has 0 saturated carbocycles. The van der Waals surface area contributed by atoms with Crippen molar-refractivity contribution in [2.45, 2.75) is 25.8 Å². The maximum Gasteiger partial charge on any atom is 0.191 e. The number of thiazole rings is 1. The van der Waals surface area contributed by atoms with E-state index in [1.54, 1.807) is 37.4 Å². The standard InChI is InChI=1S/C19H27F2N5S/c1-5-13-11-24-17(27-13)9-10-23-19(22-2)25-12-16(26(3)4)18-14(20)7-6-8-15(18)21/h6-8,11,16H,5,9-10,12H2,1-4H3,(H2,22,23,25). The minimum absolute atomic E-state index is 0.0559. The molecular formula is C19H27F2N5S. The van der Waals surface area contributed by atoms with Crippen molar-refractivity contribution in [1.29, 1.82) is 0 Å². The van der Waals surface area contributed by atoms with Gasteiger partial charge in [0.15, 0.2) is 5.96 Å². The Balaban J connectivity index is 1.92. The van der Waals surface area contributed by atoms with E-state index in [0.717, 1.165) is 17.8 Å². The van der Waals surface area contributed by atoms with Gasteiger partial charge in [-0.15, -0.1) is 11.3 Å². The van der Waals surface area contributed by atoms with Gasteiger partial charge in [-0.1, -0.05) is 13.0 Å². The molecule has 1 atom stereocenters. The predicted octanol–water partition coefficient (Wildman–Crippen LogP) is 2.99. The second kappa shape index (κ2) is 10.3. The maximum atomic E-state index is 14.1. The molecular weight excluding hydrogens is 368 g/mol. The average molecular weight is 396 g/mol. The molecule has 1 unspecified atom stereocenters. The Hall–Kier alpha value is -2.06. The molecule has 0 fully saturated rings. The highest BCUT2D eigenvalue weighted by atomic mass is 32.1. The number of hydrogen-bond donors (Lipinski definition) is 2. The molecule has 0 aliphatic heterocycles. The van der Waals surface area contributed by atoms with Crippen LogP contribution in [0.5, 0.6) is 0 Å². The highest BCUT2D eigenvalue weighted by Gasteiger charge is 2.22. The van der Waals surface area contributed by atoms with Crippen molar-refractivity contribution >= 4 is 17.3 Å². The lowest BCUT2D eigenvalue weighted by Crippen LogP contribution is -2.42. The van der Waals surface area contributed by atoms with Gasteiger partial charge in [0.2, 0.25) is 0 Å². The van der Waals surface area contributed by atoms with Crippen LogP contribution >= 0.6 is 11.3 Å². The summed E-state index contributed by atoms with van der Waals surface area (Å²) in [5.41, 5.74) is 0.0559. The number of aryl methyl sites for hydroxylation is 1. The number of hydrogen-bond acceptors (Lipinski definition) is 4. The van der Waals surface area contributed by atoms with E-state index in [1.807, 2.05) is 6.20 Å². The first-order chi connectivity index (χ1) is 13.0. The predicted molar refractivity (Wildman–Crippen MR) is 107 cm³/mol. The van der Waals surface area contributed by atoms with Gasteiger partial charge < -0.3 is 15.5 Å². The average Bonchev–Trinajstić information content (AvgIpc) is 3.10. The first kappa shape index (κ1) is 21.2. The largest absolute Gasteiger partial charge is 0.356 e. The molecule has 2 aromatic rings. The number of nitrogens with zero attached hydrogens (tertiary/aromatic N) is 3. The first-order valence-corrected chi connectivity index (χ1v) is 9.76. The highest BCUT2D eigenvalue weighted by molar-refractivity contribution is 7.11. The Morgan fingerprint density at radius 3 is 2.52 bits per heavy atom. The van der Waals surface area contributed by atoms with Crippen molar-refractivity contribution in [2.75, 3.05) is 34.2 Å². The normalized spacial score (nSPS) is 13.1. The lowest BCUT2D eigenvalue weighted by atomic mass is 10.0. The molecule has 2 N–H and O–H groups in total. The molecule has 0 aliphatic rings. The molecule has 27 heavy (non-hydrogen) atoms. The van der Waals surface area contributed by atoms with Gasteiger partial charge in [-0.2, -0.15) is 0 Å². The summed E-state index contributed by atoms with van der Waals surface area (Å²) in [6.07, 6.45) is 3.70. The fourth-order valence-corrected chi connectivity index (χ4v) is 3.56. The highest BCUT2D eigenvalue weighted by Crippen LogP contribution is 2.23. The molecule has 5 nitrogen and oxygen atoms in total. The Morgan fingerprint density at radius 2 is 1.96 bits per heavy atom. The molecule has 0 radical (unpaired) electrons. The Bertz CT molecular complexity index is 740. The summed E-state index contributed by atoms with van der Waals surface area (Å²) < 4.78 is 28.3. The van der Waals surface area contributed by atoms with Crippen LogP contribution in [0.1, 0.15) is 28.4 Å². The van der Waals surface area contributed by atoms with E-state index in [-0.39, 0.29) is 5.56 Å². The summed E-state index contributed by atoms with van der Waals surface area (Å²) in [7, 11) is 5.26. The summed E-state index contributed by atoms with van der Waals surface area (Å²) in [6, 6.07) is 3.47. The van der Waals surface area contributed by atoms with Gasteiger partial charge >= 0.3 is 0 Å². The van der Waals surface area contributed by atoms with Crippen LogP contribution < -0.4 is 10.6 Å². The number of likely N-dealkylation sites (N-methyl/N-ethyl adjacent to an activating group) is 1. The van der Waals surface area contributed by atoms with Gasteiger partial charge in [0.05, 0.1) is 11.0 Å². The molecule has 8 heteroatoms. The minimum atomic E-state index is -0.547. The topological polar surface area (TPSA) is 52.6 Å². The molecule has 1 aromatic carbocycles. The molecule has 1 aromatic heterocycles. The third kappa shape index (κ3) is 5.97. The van der Waals surface area contributed by atoms with E-state index in [1.165, 1.54) is 23.1 Å². The molecule has 0 saturated heterocycles. The zero-order valence-electron chi connectivity index (χ0n) is 16.2. The van der Waals surface area contributed by atoms with Gasteiger partial charge in [0.1, 0.15) is 11.6 Å². The quantitative estimate of drug-likeness (QED) is 0.533. The van der Waals surface area contributed by atoms with Crippen molar-refractivity contribution in [3.8, 4) is 0 Å². The SMILES string of the molecule is CCc1cnc(CCNC(=NC)NCC(c2c(F)cccc2F)N(C)C)s1. The Labute approximate surface area is 163 Å². The van der Waals surface area contributed by atoms with E-state index in [9.17, 15) is 8.78 Å². The third-order valence-corrected chi connectivity index (χ3v) is 5.43. The lowest BCUT2D eigenvalue weighted by Gasteiger charge is -2.26. The smallest absolute Gasteiger partial charge is 0.191 e. The molecule has 2 rings (SSSR count). The van der Waals surface area contributed by atoms with E-state index >= 15 is 0 Å². The number of aromatic nitrogens is 1. The fraction of sp³-hybridized carbons (Fsp3) is 0.474. The van der Waals surface area contributed by atoms with Crippen LogP contribution in [0.4, 0.5) is 8.78 Å². The van der Waals surface area contributed by atoms with Crippen molar-refractivity contribution in [1.82, 2.24) is 20.5 Å². The monoisotopic (exact) mass is 395 g/mol. The Kier molecular flexibility index (Phi) is 8.12. The number of nitrogens with one attached hydrogen (secondary N) is 2.